The first-order chi connectivity index (χ1) is 11.7. The van der Waals surface area contributed by atoms with Gasteiger partial charge in [0.25, 0.3) is 0 Å². The van der Waals surface area contributed by atoms with Crippen molar-refractivity contribution in [1.29, 1.82) is 0 Å². The van der Waals surface area contributed by atoms with Crippen LogP contribution in [0.1, 0.15) is 20.7 Å². The van der Waals surface area contributed by atoms with E-state index in [9.17, 15) is 9.59 Å². The van der Waals surface area contributed by atoms with Gasteiger partial charge in [-0.15, -0.1) is 0 Å². The van der Waals surface area contributed by atoms with Crippen molar-refractivity contribution >= 4 is 29.6 Å². The molecule has 4 nitrogen and oxygen atoms in total. The SMILES string of the molecule is Nc1ccc(-c2ccc(Nc3ccccc3)c(C=O)c2C=O)cc1. The molecule has 3 aromatic rings. The maximum absolute atomic E-state index is 11.6. The lowest BCUT2D eigenvalue weighted by Crippen LogP contribution is -2.01. The topological polar surface area (TPSA) is 72.2 Å². The number of benzene rings is 3. The molecule has 3 aromatic carbocycles. The second-order valence-electron chi connectivity index (χ2n) is 5.34. The summed E-state index contributed by atoms with van der Waals surface area (Å²) in [6.45, 7) is 0. The molecule has 0 aliphatic carbocycles. The zero-order valence-corrected chi connectivity index (χ0v) is 12.9. The highest BCUT2D eigenvalue weighted by Gasteiger charge is 2.14. The largest absolute Gasteiger partial charge is 0.399 e. The Morgan fingerprint density at radius 1 is 0.750 bits per heavy atom. The molecule has 3 rings (SSSR count). The van der Waals surface area contributed by atoms with Crippen LogP contribution in [0.15, 0.2) is 66.7 Å². The molecular weight excluding hydrogens is 300 g/mol. The lowest BCUT2D eigenvalue weighted by atomic mass is 9.95. The predicted octanol–water partition coefficient (Wildman–Crippen LogP) is 4.30. The monoisotopic (exact) mass is 316 g/mol. The highest BCUT2D eigenvalue weighted by atomic mass is 16.1. The first-order valence-corrected chi connectivity index (χ1v) is 7.48. The summed E-state index contributed by atoms with van der Waals surface area (Å²) in [6.07, 6.45) is 1.42. The first kappa shape index (κ1) is 15.5. The Balaban J connectivity index is 2.09. The van der Waals surface area contributed by atoms with Crippen molar-refractivity contribution < 1.29 is 9.59 Å². The van der Waals surface area contributed by atoms with E-state index in [0.717, 1.165) is 11.3 Å². The molecule has 0 aromatic heterocycles. The van der Waals surface area contributed by atoms with Gasteiger partial charge < -0.3 is 11.1 Å². The molecule has 24 heavy (non-hydrogen) atoms. The van der Waals surface area contributed by atoms with Crippen LogP contribution in [0.2, 0.25) is 0 Å². The quantitative estimate of drug-likeness (QED) is 0.543. The van der Waals surface area contributed by atoms with Crippen molar-refractivity contribution in [2.24, 2.45) is 0 Å². The van der Waals surface area contributed by atoms with Crippen LogP contribution in [-0.4, -0.2) is 12.6 Å². The van der Waals surface area contributed by atoms with E-state index in [1.54, 1.807) is 18.2 Å². The Hall–Kier alpha value is -3.40. The van der Waals surface area contributed by atoms with Crippen molar-refractivity contribution in [3.8, 4) is 11.1 Å². The van der Waals surface area contributed by atoms with E-state index in [1.807, 2.05) is 48.5 Å². The Morgan fingerprint density at radius 3 is 2.04 bits per heavy atom. The number of para-hydroxylation sites is 1. The molecule has 0 bridgehead atoms. The van der Waals surface area contributed by atoms with Crippen molar-refractivity contribution in [2.45, 2.75) is 0 Å². The van der Waals surface area contributed by atoms with Gasteiger partial charge in [-0.2, -0.15) is 0 Å². The molecule has 0 atom stereocenters. The number of carbonyl (C=O) groups is 2. The summed E-state index contributed by atoms with van der Waals surface area (Å²) in [5.41, 5.74) is 10.0. The standard InChI is InChI=1S/C20H16N2O2/c21-15-8-6-14(7-9-15)17-10-11-20(19(13-24)18(17)12-23)22-16-4-2-1-3-5-16/h1-13,22H,21H2. The molecule has 0 spiro atoms. The van der Waals surface area contributed by atoms with Crippen LogP contribution in [0.4, 0.5) is 17.1 Å². The van der Waals surface area contributed by atoms with Gasteiger partial charge in [-0.05, 0) is 41.5 Å². The second kappa shape index (κ2) is 6.79. The molecule has 3 N–H and O–H groups in total. The Labute approximate surface area is 139 Å². The molecule has 0 unspecified atom stereocenters. The van der Waals surface area contributed by atoms with Crippen LogP contribution < -0.4 is 11.1 Å². The minimum Gasteiger partial charge on any atom is -0.399 e. The van der Waals surface area contributed by atoms with Crippen LogP contribution in [-0.2, 0) is 0 Å². The number of rotatable bonds is 5. The van der Waals surface area contributed by atoms with Crippen LogP contribution in [0.3, 0.4) is 0 Å². The third kappa shape index (κ3) is 3.03. The molecule has 0 amide bonds. The number of anilines is 3. The van der Waals surface area contributed by atoms with E-state index < -0.39 is 0 Å². The summed E-state index contributed by atoms with van der Waals surface area (Å²) in [6, 6.07) is 20.3. The predicted molar refractivity (Wildman–Crippen MR) is 96.8 cm³/mol. The van der Waals surface area contributed by atoms with Gasteiger partial charge in [0.1, 0.15) is 0 Å². The Kier molecular flexibility index (Phi) is 4.38. The van der Waals surface area contributed by atoms with E-state index in [4.69, 9.17) is 5.73 Å². The summed E-state index contributed by atoms with van der Waals surface area (Å²) >= 11 is 0. The van der Waals surface area contributed by atoms with Gasteiger partial charge in [-0.3, -0.25) is 9.59 Å². The summed E-state index contributed by atoms with van der Waals surface area (Å²) in [5, 5.41) is 3.18. The number of nitrogen functional groups attached to an aromatic ring is 1. The fraction of sp³-hybridized carbons (Fsp3) is 0. The smallest absolute Gasteiger partial charge is 0.152 e. The molecular formula is C20H16N2O2. The maximum atomic E-state index is 11.6. The Morgan fingerprint density at radius 2 is 1.42 bits per heavy atom. The third-order valence-corrected chi connectivity index (χ3v) is 3.80. The first-order valence-electron chi connectivity index (χ1n) is 7.48. The molecule has 0 radical (unpaired) electrons. The number of carbonyl (C=O) groups excluding carboxylic acids is 2. The molecule has 0 fully saturated rings. The minimum absolute atomic E-state index is 0.336. The summed E-state index contributed by atoms with van der Waals surface area (Å²) in [4.78, 5) is 23.3. The normalized spacial score (nSPS) is 10.2. The highest BCUT2D eigenvalue weighted by molar-refractivity contribution is 6.02. The average Bonchev–Trinajstić information content (AvgIpc) is 2.63. The summed E-state index contributed by atoms with van der Waals surface area (Å²) < 4.78 is 0. The lowest BCUT2D eigenvalue weighted by Gasteiger charge is -2.14. The summed E-state index contributed by atoms with van der Waals surface area (Å²) in [5.74, 6) is 0. The number of hydrogen-bond donors (Lipinski definition) is 2. The summed E-state index contributed by atoms with van der Waals surface area (Å²) in [7, 11) is 0. The van der Waals surface area contributed by atoms with Gasteiger partial charge in [0.05, 0.1) is 0 Å². The second-order valence-corrected chi connectivity index (χ2v) is 5.34. The maximum Gasteiger partial charge on any atom is 0.152 e. The van der Waals surface area contributed by atoms with Crippen LogP contribution in [0.5, 0.6) is 0 Å². The lowest BCUT2D eigenvalue weighted by molar-refractivity contribution is 0.109. The zero-order chi connectivity index (χ0) is 16.9. The number of hydrogen-bond acceptors (Lipinski definition) is 4. The number of nitrogens with two attached hydrogens (primary N) is 1. The number of aldehydes is 2. The average molecular weight is 316 g/mol. The zero-order valence-electron chi connectivity index (χ0n) is 12.9. The third-order valence-electron chi connectivity index (χ3n) is 3.80. The van der Waals surface area contributed by atoms with E-state index in [1.165, 1.54) is 0 Å². The fourth-order valence-electron chi connectivity index (χ4n) is 2.59. The molecule has 4 heteroatoms. The van der Waals surface area contributed by atoms with Gasteiger partial charge in [0, 0.05) is 28.2 Å². The van der Waals surface area contributed by atoms with Gasteiger partial charge in [-0.1, -0.05) is 36.4 Å². The van der Waals surface area contributed by atoms with E-state index in [0.29, 0.717) is 40.6 Å². The molecule has 0 aliphatic rings. The number of nitrogens with one attached hydrogen (secondary N) is 1. The molecule has 0 saturated heterocycles. The van der Waals surface area contributed by atoms with Crippen molar-refractivity contribution in [2.75, 3.05) is 11.1 Å². The van der Waals surface area contributed by atoms with Crippen molar-refractivity contribution in [3.05, 3.63) is 77.9 Å². The van der Waals surface area contributed by atoms with Crippen LogP contribution in [0, 0.1) is 0 Å². The van der Waals surface area contributed by atoms with E-state index in [-0.39, 0.29) is 0 Å². The van der Waals surface area contributed by atoms with E-state index in [2.05, 4.69) is 5.32 Å². The minimum atomic E-state index is 0.336. The van der Waals surface area contributed by atoms with Crippen LogP contribution >= 0.6 is 0 Å². The van der Waals surface area contributed by atoms with Crippen molar-refractivity contribution in [1.82, 2.24) is 0 Å². The van der Waals surface area contributed by atoms with Gasteiger partial charge in [-0.25, -0.2) is 0 Å². The molecule has 0 saturated carbocycles. The molecule has 0 heterocycles. The fourth-order valence-corrected chi connectivity index (χ4v) is 2.59. The van der Waals surface area contributed by atoms with Gasteiger partial charge in [0.15, 0.2) is 12.6 Å². The highest BCUT2D eigenvalue weighted by Crippen LogP contribution is 2.31. The van der Waals surface area contributed by atoms with Crippen molar-refractivity contribution in [3.63, 3.8) is 0 Å². The van der Waals surface area contributed by atoms with Gasteiger partial charge in [0.2, 0.25) is 0 Å². The van der Waals surface area contributed by atoms with Gasteiger partial charge >= 0.3 is 0 Å². The molecule has 0 aliphatic heterocycles. The van der Waals surface area contributed by atoms with Crippen LogP contribution in [0.25, 0.3) is 11.1 Å². The van der Waals surface area contributed by atoms with E-state index >= 15 is 0 Å². The Bertz CT molecular complexity index is 872. The molecule has 118 valence electrons.